The molecule has 0 unspecified atom stereocenters. The van der Waals surface area contributed by atoms with E-state index in [2.05, 4.69) is 21.2 Å². The molecule has 2 N–H and O–H groups in total. The molecule has 21 heavy (non-hydrogen) atoms. The van der Waals surface area contributed by atoms with Crippen molar-refractivity contribution in [1.82, 2.24) is 4.90 Å². The standard InChI is InChI=1S/C15H19BrN2O3/c1-9-5-11(16)3-4-13(9)17-14(19)8-18-6-10(2)12(7-18)15(20)21/h3-5,10,12H,6-8H2,1-2H3,(H,17,19)(H,20,21)/t10-,12-/m1/s1. The number of anilines is 1. The number of carbonyl (C=O) groups excluding carboxylic acids is 1. The molecule has 0 bridgehead atoms. The molecule has 1 aliphatic rings. The number of halogens is 1. The first-order valence-electron chi connectivity index (χ1n) is 6.88. The third-order valence-corrected chi connectivity index (χ3v) is 4.33. The average Bonchev–Trinajstić information content (AvgIpc) is 2.74. The van der Waals surface area contributed by atoms with Crippen LogP contribution in [0.4, 0.5) is 5.69 Å². The third kappa shape index (κ3) is 4.04. The van der Waals surface area contributed by atoms with Gasteiger partial charge in [-0.25, -0.2) is 0 Å². The van der Waals surface area contributed by atoms with E-state index >= 15 is 0 Å². The molecule has 1 aromatic carbocycles. The summed E-state index contributed by atoms with van der Waals surface area (Å²) in [4.78, 5) is 25.1. The molecule has 1 aromatic rings. The molecule has 0 saturated carbocycles. The molecule has 114 valence electrons. The molecule has 6 heteroatoms. The number of amides is 1. The van der Waals surface area contributed by atoms with Gasteiger partial charge < -0.3 is 10.4 Å². The highest BCUT2D eigenvalue weighted by Gasteiger charge is 2.35. The molecule has 2 rings (SSSR count). The van der Waals surface area contributed by atoms with Crippen molar-refractivity contribution in [2.45, 2.75) is 13.8 Å². The SMILES string of the molecule is Cc1cc(Br)ccc1NC(=O)CN1C[C@@H](C)[C@H](C(=O)O)C1. The van der Waals surface area contributed by atoms with E-state index in [0.717, 1.165) is 15.7 Å². The second-order valence-corrected chi connectivity index (χ2v) is 6.54. The average molecular weight is 355 g/mol. The van der Waals surface area contributed by atoms with E-state index in [9.17, 15) is 9.59 Å². The van der Waals surface area contributed by atoms with E-state index in [-0.39, 0.29) is 24.3 Å². The van der Waals surface area contributed by atoms with Crippen LogP contribution in [0.1, 0.15) is 12.5 Å². The third-order valence-electron chi connectivity index (χ3n) is 3.83. The Bertz CT molecular complexity index is 562. The second-order valence-electron chi connectivity index (χ2n) is 5.62. The molecule has 1 saturated heterocycles. The lowest BCUT2D eigenvalue weighted by Crippen LogP contribution is -2.32. The number of benzene rings is 1. The zero-order chi connectivity index (χ0) is 15.6. The lowest BCUT2D eigenvalue weighted by atomic mass is 9.99. The Hall–Kier alpha value is -1.40. The van der Waals surface area contributed by atoms with Gasteiger partial charge in [-0.2, -0.15) is 0 Å². The molecular formula is C15H19BrN2O3. The predicted molar refractivity (Wildman–Crippen MR) is 84.2 cm³/mol. The lowest BCUT2D eigenvalue weighted by molar-refractivity contribution is -0.142. The number of carbonyl (C=O) groups is 2. The molecule has 0 radical (unpaired) electrons. The van der Waals surface area contributed by atoms with Gasteiger partial charge >= 0.3 is 5.97 Å². The number of aliphatic carboxylic acids is 1. The van der Waals surface area contributed by atoms with Gasteiger partial charge in [0.1, 0.15) is 0 Å². The van der Waals surface area contributed by atoms with Gasteiger partial charge in [0.15, 0.2) is 0 Å². The fraction of sp³-hybridized carbons (Fsp3) is 0.467. The van der Waals surface area contributed by atoms with Crippen molar-refractivity contribution in [2.75, 3.05) is 25.0 Å². The van der Waals surface area contributed by atoms with Crippen LogP contribution in [-0.2, 0) is 9.59 Å². The van der Waals surface area contributed by atoms with Crippen LogP contribution in [0.15, 0.2) is 22.7 Å². The minimum absolute atomic E-state index is 0.0738. The van der Waals surface area contributed by atoms with E-state index in [4.69, 9.17) is 5.11 Å². The maximum Gasteiger partial charge on any atom is 0.308 e. The summed E-state index contributed by atoms with van der Waals surface area (Å²) in [6.07, 6.45) is 0. The second kappa shape index (κ2) is 6.58. The van der Waals surface area contributed by atoms with Crippen LogP contribution in [-0.4, -0.2) is 41.5 Å². The number of hydrogen-bond donors (Lipinski definition) is 2. The highest BCUT2D eigenvalue weighted by molar-refractivity contribution is 9.10. The molecule has 1 amide bonds. The molecule has 1 fully saturated rings. The normalized spacial score (nSPS) is 22.2. The first kappa shape index (κ1) is 16.0. The van der Waals surface area contributed by atoms with Gasteiger partial charge in [-0.15, -0.1) is 0 Å². The van der Waals surface area contributed by atoms with E-state index in [0.29, 0.717) is 13.1 Å². The Morgan fingerprint density at radius 1 is 1.43 bits per heavy atom. The summed E-state index contributed by atoms with van der Waals surface area (Å²) < 4.78 is 0.968. The maximum atomic E-state index is 12.1. The minimum Gasteiger partial charge on any atom is -0.481 e. The fourth-order valence-corrected chi connectivity index (χ4v) is 3.15. The van der Waals surface area contributed by atoms with Gasteiger partial charge in [0.05, 0.1) is 12.5 Å². The van der Waals surface area contributed by atoms with Gasteiger partial charge in [-0.05, 0) is 36.6 Å². The highest BCUT2D eigenvalue weighted by atomic mass is 79.9. The quantitative estimate of drug-likeness (QED) is 0.870. The number of rotatable bonds is 4. The molecular weight excluding hydrogens is 336 g/mol. The predicted octanol–water partition coefficient (Wildman–Crippen LogP) is 2.35. The first-order valence-corrected chi connectivity index (χ1v) is 7.67. The van der Waals surface area contributed by atoms with Crippen molar-refractivity contribution in [1.29, 1.82) is 0 Å². The molecule has 2 atom stereocenters. The van der Waals surface area contributed by atoms with Gasteiger partial charge in [0.25, 0.3) is 0 Å². The molecule has 0 aromatic heterocycles. The van der Waals surface area contributed by atoms with Crippen LogP contribution >= 0.6 is 15.9 Å². The largest absolute Gasteiger partial charge is 0.481 e. The molecule has 5 nitrogen and oxygen atoms in total. The maximum absolute atomic E-state index is 12.1. The Morgan fingerprint density at radius 2 is 2.14 bits per heavy atom. The van der Waals surface area contributed by atoms with Gasteiger partial charge in [-0.3, -0.25) is 14.5 Å². The summed E-state index contributed by atoms with van der Waals surface area (Å²) in [6.45, 7) is 5.14. The fourth-order valence-electron chi connectivity index (χ4n) is 2.68. The first-order chi connectivity index (χ1) is 9.86. The number of nitrogens with zero attached hydrogens (tertiary/aromatic N) is 1. The molecule has 1 heterocycles. The zero-order valence-electron chi connectivity index (χ0n) is 12.1. The number of aryl methyl sites for hydroxylation is 1. The Labute approximate surface area is 132 Å². The van der Waals surface area contributed by atoms with Crippen molar-refractivity contribution in [3.63, 3.8) is 0 Å². The van der Waals surface area contributed by atoms with Crippen LogP contribution in [0.5, 0.6) is 0 Å². The number of hydrogen-bond acceptors (Lipinski definition) is 3. The monoisotopic (exact) mass is 354 g/mol. The Kier molecular flexibility index (Phi) is 5.00. The summed E-state index contributed by atoms with van der Waals surface area (Å²) in [7, 11) is 0. The number of likely N-dealkylation sites (tertiary alicyclic amines) is 1. The van der Waals surface area contributed by atoms with Crippen LogP contribution in [0.2, 0.25) is 0 Å². The Morgan fingerprint density at radius 3 is 2.71 bits per heavy atom. The number of carboxylic acids is 1. The van der Waals surface area contributed by atoms with Crippen molar-refractivity contribution in [3.8, 4) is 0 Å². The van der Waals surface area contributed by atoms with Crippen LogP contribution in [0, 0.1) is 18.8 Å². The van der Waals surface area contributed by atoms with Crippen molar-refractivity contribution in [2.24, 2.45) is 11.8 Å². The van der Waals surface area contributed by atoms with E-state index in [1.807, 2.05) is 36.9 Å². The minimum atomic E-state index is -0.783. The van der Waals surface area contributed by atoms with E-state index in [1.54, 1.807) is 0 Å². The van der Waals surface area contributed by atoms with E-state index in [1.165, 1.54) is 0 Å². The van der Waals surface area contributed by atoms with Crippen LogP contribution in [0.25, 0.3) is 0 Å². The van der Waals surface area contributed by atoms with Gasteiger partial charge in [0.2, 0.25) is 5.91 Å². The molecule has 0 spiro atoms. The zero-order valence-corrected chi connectivity index (χ0v) is 13.7. The van der Waals surface area contributed by atoms with Crippen molar-refractivity contribution in [3.05, 3.63) is 28.2 Å². The van der Waals surface area contributed by atoms with Crippen molar-refractivity contribution < 1.29 is 14.7 Å². The van der Waals surface area contributed by atoms with Crippen LogP contribution in [0.3, 0.4) is 0 Å². The summed E-state index contributed by atoms with van der Waals surface area (Å²) >= 11 is 3.38. The number of nitrogens with one attached hydrogen (secondary N) is 1. The molecule has 0 aliphatic carbocycles. The lowest BCUT2D eigenvalue weighted by Gasteiger charge is -2.15. The number of carboxylic acid groups (broad SMARTS) is 1. The molecule has 1 aliphatic heterocycles. The van der Waals surface area contributed by atoms with Gasteiger partial charge in [-0.1, -0.05) is 22.9 Å². The van der Waals surface area contributed by atoms with Gasteiger partial charge in [0, 0.05) is 23.2 Å². The van der Waals surface area contributed by atoms with Crippen LogP contribution < -0.4 is 5.32 Å². The summed E-state index contributed by atoms with van der Waals surface area (Å²) in [6, 6.07) is 5.67. The summed E-state index contributed by atoms with van der Waals surface area (Å²) in [5, 5.41) is 12.0. The topological polar surface area (TPSA) is 69.6 Å². The van der Waals surface area contributed by atoms with E-state index < -0.39 is 5.97 Å². The highest BCUT2D eigenvalue weighted by Crippen LogP contribution is 2.23. The Balaban J connectivity index is 1.92. The summed E-state index contributed by atoms with van der Waals surface area (Å²) in [5.74, 6) is -1.20. The smallest absolute Gasteiger partial charge is 0.308 e. The van der Waals surface area contributed by atoms with Crippen molar-refractivity contribution >= 4 is 33.5 Å². The summed E-state index contributed by atoms with van der Waals surface area (Å²) in [5.41, 5.74) is 1.76.